The van der Waals surface area contributed by atoms with E-state index in [1.54, 1.807) is 20.4 Å². The van der Waals surface area contributed by atoms with E-state index in [-0.39, 0.29) is 11.8 Å². The van der Waals surface area contributed by atoms with Crippen LogP contribution in [0.4, 0.5) is 0 Å². The van der Waals surface area contributed by atoms with E-state index in [2.05, 4.69) is 16.4 Å². The molecule has 0 unspecified atom stereocenters. The van der Waals surface area contributed by atoms with Crippen LogP contribution in [-0.2, 0) is 17.9 Å². The molecule has 0 spiro atoms. The maximum Gasteiger partial charge on any atom is 0.223 e. The van der Waals surface area contributed by atoms with Gasteiger partial charge in [0.05, 0.1) is 39.5 Å². The Bertz CT molecular complexity index is 744. The van der Waals surface area contributed by atoms with Crippen LogP contribution in [0.5, 0.6) is 11.5 Å². The van der Waals surface area contributed by atoms with Crippen LogP contribution in [0.15, 0.2) is 42.6 Å². The molecule has 1 aromatic heterocycles. The Morgan fingerprint density at radius 1 is 1.15 bits per heavy atom. The van der Waals surface area contributed by atoms with Crippen LogP contribution in [-0.4, -0.2) is 38.2 Å². The van der Waals surface area contributed by atoms with Crippen molar-refractivity contribution in [1.29, 1.82) is 0 Å². The van der Waals surface area contributed by atoms with Gasteiger partial charge in [0.1, 0.15) is 6.54 Å². The Morgan fingerprint density at radius 2 is 1.93 bits per heavy atom. The van der Waals surface area contributed by atoms with Crippen molar-refractivity contribution >= 4 is 5.91 Å². The van der Waals surface area contributed by atoms with Crippen LogP contribution in [0.3, 0.4) is 0 Å². The number of pyridine rings is 1. The molecule has 27 heavy (non-hydrogen) atoms. The lowest BCUT2D eigenvalue weighted by Gasteiger charge is -2.28. The molecule has 3 rings (SSSR count). The second kappa shape index (κ2) is 9.37. The minimum atomic E-state index is 0.0999. The Balaban J connectivity index is 1.46. The third kappa shape index (κ3) is 5.20. The first-order valence-electron chi connectivity index (χ1n) is 9.41. The van der Waals surface area contributed by atoms with Gasteiger partial charge in [-0.3, -0.25) is 9.78 Å². The smallest absolute Gasteiger partial charge is 0.223 e. The molecule has 0 aliphatic carbocycles. The van der Waals surface area contributed by atoms with Crippen molar-refractivity contribution in [3.63, 3.8) is 0 Å². The van der Waals surface area contributed by atoms with E-state index in [0.717, 1.165) is 49.7 Å². The van der Waals surface area contributed by atoms with Gasteiger partial charge in [0.2, 0.25) is 5.91 Å². The van der Waals surface area contributed by atoms with E-state index in [4.69, 9.17) is 9.47 Å². The van der Waals surface area contributed by atoms with Crippen molar-refractivity contribution in [2.45, 2.75) is 25.9 Å². The standard InChI is InChI=1S/C21H27N3O3/c1-26-19-7-6-16(13-20(19)27-2)15-24-11-8-17(9-12-24)21(25)23-14-18-5-3-4-10-22-18/h3-7,10,13,17H,8-9,11-12,14-15H2,1-2H3,(H,23,25)/p+1. The van der Waals surface area contributed by atoms with Crippen molar-refractivity contribution in [1.82, 2.24) is 10.3 Å². The maximum absolute atomic E-state index is 12.4. The topological polar surface area (TPSA) is 64.9 Å². The van der Waals surface area contributed by atoms with Gasteiger partial charge in [0.15, 0.2) is 11.5 Å². The average molecular weight is 370 g/mol. The van der Waals surface area contributed by atoms with E-state index >= 15 is 0 Å². The van der Waals surface area contributed by atoms with E-state index in [9.17, 15) is 4.79 Å². The van der Waals surface area contributed by atoms with Crippen molar-refractivity contribution in [2.24, 2.45) is 5.92 Å². The summed E-state index contributed by atoms with van der Waals surface area (Å²) in [6.07, 6.45) is 3.57. The van der Waals surface area contributed by atoms with Crippen molar-refractivity contribution in [2.75, 3.05) is 27.3 Å². The minimum absolute atomic E-state index is 0.0999. The number of piperidine rings is 1. The zero-order valence-electron chi connectivity index (χ0n) is 16.0. The normalized spacial score (nSPS) is 19.3. The fourth-order valence-electron chi connectivity index (χ4n) is 3.57. The summed E-state index contributed by atoms with van der Waals surface area (Å²) >= 11 is 0. The summed E-state index contributed by atoms with van der Waals surface area (Å²) in [6.45, 7) is 3.42. The highest BCUT2D eigenvalue weighted by molar-refractivity contribution is 5.78. The molecular formula is C21H28N3O3+. The van der Waals surface area contributed by atoms with Gasteiger partial charge >= 0.3 is 0 Å². The van der Waals surface area contributed by atoms with Crippen LogP contribution in [0.2, 0.25) is 0 Å². The number of quaternary nitrogens is 1. The quantitative estimate of drug-likeness (QED) is 0.769. The Labute approximate surface area is 160 Å². The summed E-state index contributed by atoms with van der Waals surface area (Å²) in [7, 11) is 3.30. The van der Waals surface area contributed by atoms with Gasteiger partial charge in [-0.1, -0.05) is 6.07 Å². The molecule has 1 aliphatic heterocycles. The number of likely N-dealkylation sites (tertiary alicyclic amines) is 1. The molecule has 144 valence electrons. The highest BCUT2D eigenvalue weighted by Crippen LogP contribution is 2.27. The third-order valence-electron chi connectivity index (χ3n) is 5.14. The maximum atomic E-state index is 12.4. The number of aromatic nitrogens is 1. The van der Waals surface area contributed by atoms with E-state index < -0.39 is 0 Å². The Hall–Kier alpha value is -2.60. The van der Waals surface area contributed by atoms with E-state index in [1.165, 1.54) is 10.5 Å². The number of rotatable bonds is 7. The fraction of sp³-hybridized carbons (Fsp3) is 0.429. The number of benzene rings is 1. The largest absolute Gasteiger partial charge is 0.493 e. The molecule has 2 N–H and O–H groups in total. The van der Waals surface area contributed by atoms with Crippen molar-refractivity contribution in [3.05, 3.63) is 53.9 Å². The summed E-state index contributed by atoms with van der Waals surface area (Å²) in [5, 5.41) is 3.02. The van der Waals surface area contributed by atoms with Crippen LogP contribution in [0, 0.1) is 5.92 Å². The molecule has 1 aromatic carbocycles. The first-order chi connectivity index (χ1) is 13.2. The second-order valence-corrected chi connectivity index (χ2v) is 6.93. The number of hydrogen-bond donors (Lipinski definition) is 2. The minimum Gasteiger partial charge on any atom is -0.493 e. The molecule has 0 atom stereocenters. The second-order valence-electron chi connectivity index (χ2n) is 6.93. The number of carbonyl (C=O) groups excluding carboxylic acids is 1. The Morgan fingerprint density at radius 3 is 2.59 bits per heavy atom. The van der Waals surface area contributed by atoms with Crippen LogP contribution in [0.25, 0.3) is 0 Å². The molecule has 2 heterocycles. The van der Waals surface area contributed by atoms with Gasteiger partial charge < -0.3 is 19.7 Å². The van der Waals surface area contributed by atoms with Gasteiger partial charge in [0.25, 0.3) is 0 Å². The average Bonchev–Trinajstić information content (AvgIpc) is 2.73. The number of hydrogen-bond acceptors (Lipinski definition) is 4. The lowest BCUT2D eigenvalue weighted by molar-refractivity contribution is -0.919. The predicted molar refractivity (Wildman–Crippen MR) is 103 cm³/mol. The lowest BCUT2D eigenvalue weighted by atomic mass is 9.95. The molecule has 0 saturated carbocycles. The first kappa shape index (κ1) is 19.2. The molecular weight excluding hydrogens is 342 g/mol. The number of methoxy groups -OCH3 is 2. The van der Waals surface area contributed by atoms with Gasteiger partial charge in [-0.15, -0.1) is 0 Å². The zero-order valence-corrected chi connectivity index (χ0v) is 16.0. The third-order valence-corrected chi connectivity index (χ3v) is 5.14. The lowest BCUT2D eigenvalue weighted by Crippen LogP contribution is -3.11. The van der Waals surface area contributed by atoms with Crippen molar-refractivity contribution in [3.8, 4) is 11.5 Å². The number of carbonyl (C=O) groups is 1. The molecule has 0 radical (unpaired) electrons. The highest BCUT2D eigenvalue weighted by atomic mass is 16.5. The van der Waals surface area contributed by atoms with Crippen LogP contribution >= 0.6 is 0 Å². The van der Waals surface area contributed by atoms with Gasteiger partial charge in [-0.05, 0) is 30.3 Å². The first-order valence-corrected chi connectivity index (χ1v) is 9.41. The molecule has 6 heteroatoms. The monoisotopic (exact) mass is 370 g/mol. The van der Waals surface area contributed by atoms with Gasteiger partial charge in [-0.2, -0.15) is 0 Å². The highest BCUT2D eigenvalue weighted by Gasteiger charge is 2.27. The molecule has 1 saturated heterocycles. The Kier molecular flexibility index (Phi) is 6.65. The summed E-state index contributed by atoms with van der Waals surface area (Å²) < 4.78 is 10.7. The molecule has 2 aromatic rings. The SMILES string of the molecule is COc1ccc(C[NH+]2CCC(C(=O)NCc3ccccn3)CC2)cc1OC. The summed E-state index contributed by atoms with van der Waals surface area (Å²) in [4.78, 5) is 18.2. The number of nitrogens with one attached hydrogen (secondary N) is 2. The summed E-state index contributed by atoms with van der Waals surface area (Å²) in [6, 6.07) is 11.8. The molecule has 1 fully saturated rings. The zero-order chi connectivity index (χ0) is 19.1. The van der Waals surface area contributed by atoms with Gasteiger partial charge in [-0.25, -0.2) is 0 Å². The van der Waals surface area contributed by atoms with Gasteiger partial charge in [0, 0.05) is 30.5 Å². The van der Waals surface area contributed by atoms with Crippen molar-refractivity contribution < 1.29 is 19.2 Å². The molecule has 0 bridgehead atoms. The number of ether oxygens (including phenoxy) is 2. The summed E-state index contributed by atoms with van der Waals surface area (Å²) in [5.74, 6) is 1.76. The van der Waals surface area contributed by atoms with Crippen LogP contribution < -0.4 is 19.7 Å². The molecule has 1 aliphatic rings. The molecule has 1 amide bonds. The van der Waals surface area contributed by atoms with E-state index in [0.29, 0.717) is 6.54 Å². The molecule has 6 nitrogen and oxygen atoms in total. The van der Waals surface area contributed by atoms with E-state index in [1.807, 2.05) is 30.3 Å². The predicted octanol–water partition coefficient (Wildman–Crippen LogP) is 1.21. The number of nitrogens with zero attached hydrogens (tertiary/aromatic N) is 1. The summed E-state index contributed by atoms with van der Waals surface area (Å²) in [5.41, 5.74) is 2.11. The fourth-order valence-corrected chi connectivity index (χ4v) is 3.57. The van der Waals surface area contributed by atoms with Crippen LogP contribution in [0.1, 0.15) is 24.1 Å². The number of amides is 1.